The number of nitrogens with two attached hydrogens (primary N) is 1. The van der Waals surface area contributed by atoms with Gasteiger partial charge in [0, 0.05) is 11.8 Å². The van der Waals surface area contributed by atoms with Crippen LogP contribution in [-0.2, 0) is 4.74 Å². The van der Waals surface area contributed by atoms with E-state index in [-0.39, 0.29) is 16.9 Å². The van der Waals surface area contributed by atoms with E-state index < -0.39 is 23.5 Å². The molecule has 0 spiro atoms. The number of imide groups is 1. The third kappa shape index (κ3) is 2.37. The maximum atomic E-state index is 12.3. The number of carbonyl (C=O) groups excluding carboxylic acids is 3. The molecular weight excluding hydrogens is 316 g/mol. The smallest absolute Gasteiger partial charge is 0.411 e. The van der Waals surface area contributed by atoms with Crippen LogP contribution in [0.1, 0.15) is 20.7 Å². The number of pyridine rings is 1. The molecule has 0 unspecified atom stereocenters. The minimum Gasteiger partial charge on any atom is -0.453 e. The number of methoxy groups -OCH3 is 1. The van der Waals surface area contributed by atoms with Gasteiger partial charge in [0.1, 0.15) is 5.82 Å². The SMILES string of the molecule is COC(=O)Nc1cccc(-n2c(N)c3c(cc2=O)C(=O)NC3=O)c1. The van der Waals surface area contributed by atoms with Crippen molar-refractivity contribution >= 4 is 29.4 Å². The van der Waals surface area contributed by atoms with Crippen molar-refractivity contribution in [1.82, 2.24) is 9.88 Å². The van der Waals surface area contributed by atoms with E-state index in [0.717, 1.165) is 10.6 Å². The van der Waals surface area contributed by atoms with Gasteiger partial charge in [-0.3, -0.25) is 29.6 Å². The lowest BCUT2D eigenvalue weighted by Gasteiger charge is -2.13. The first-order valence-electron chi connectivity index (χ1n) is 6.79. The predicted molar refractivity (Wildman–Crippen MR) is 84.3 cm³/mol. The van der Waals surface area contributed by atoms with E-state index in [1.165, 1.54) is 13.2 Å². The van der Waals surface area contributed by atoms with Gasteiger partial charge in [0.05, 0.1) is 23.9 Å². The Bertz CT molecular complexity index is 947. The van der Waals surface area contributed by atoms with Crippen molar-refractivity contribution in [2.45, 2.75) is 0 Å². The Morgan fingerprint density at radius 1 is 1.21 bits per heavy atom. The molecule has 0 radical (unpaired) electrons. The van der Waals surface area contributed by atoms with Crippen LogP contribution in [0.2, 0.25) is 0 Å². The summed E-state index contributed by atoms with van der Waals surface area (Å²) >= 11 is 0. The summed E-state index contributed by atoms with van der Waals surface area (Å²) in [6, 6.07) is 7.28. The number of amides is 3. The van der Waals surface area contributed by atoms with Crippen molar-refractivity contribution in [1.29, 1.82) is 0 Å². The van der Waals surface area contributed by atoms with Crippen LogP contribution in [0, 0.1) is 0 Å². The number of anilines is 2. The molecule has 4 N–H and O–H groups in total. The zero-order valence-electron chi connectivity index (χ0n) is 12.5. The molecule has 1 aromatic heterocycles. The van der Waals surface area contributed by atoms with E-state index in [1.54, 1.807) is 18.2 Å². The molecule has 1 aliphatic rings. The largest absolute Gasteiger partial charge is 0.453 e. The summed E-state index contributed by atoms with van der Waals surface area (Å²) in [5.41, 5.74) is 5.94. The molecule has 122 valence electrons. The molecule has 0 fully saturated rings. The lowest BCUT2D eigenvalue weighted by molar-refractivity contribution is 0.0879. The van der Waals surface area contributed by atoms with Gasteiger partial charge in [0.15, 0.2) is 0 Å². The van der Waals surface area contributed by atoms with Crippen LogP contribution >= 0.6 is 0 Å². The molecule has 3 amide bonds. The van der Waals surface area contributed by atoms with Gasteiger partial charge in [0.2, 0.25) is 0 Å². The Labute approximate surface area is 135 Å². The Hall–Kier alpha value is -3.62. The third-order valence-corrected chi connectivity index (χ3v) is 3.49. The molecule has 3 rings (SSSR count). The fourth-order valence-electron chi connectivity index (χ4n) is 2.44. The van der Waals surface area contributed by atoms with E-state index >= 15 is 0 Å². The first-order valence-corrected chi connectivity index (χ1v) is 6.79. The van der Waals surface area contributed by atoms with Gasteiger partial charge in [-0.1, -0.05) is 6.07 Å². The topological polar surface area (TPSA) is 133 Å². The molecule has 1 aromatic carbocycles. The number of carbonyl (C=O) groups is 3. The first kappa shape index (κ1) is 15.3. The van der Waals surface area contributed by atoms with Crippen LogP contribution in [0.3, 0.4) is 0 Å². The number of nitrogens with zero attached hydrogens (tertiary/aromatic N) is 1. The van der Waals surface area contributed by atoms with Gasteiger partial charge in [0.25, 0.3) is 17.4 Å². The molecule has 9 nitrogen and oxygen atoms in total. The van der Waals surface area contributed by atoms with Crippen molar-refractivity contribution in [3.63, 3.8) is 0 Å². The molecule has 0 saturated heterocycles. The average Bonchev–Trinajstić information content (AvgIpc) is 2.82. The fourth-order valence-corrected chi connectivity index (χ4v) is 2.44. The number of aromatic nitrogens is 1. The van der Waals surface area contributed by atoms with Crippen molar-refractivity contribution in [3.05, 3.63) is 51.8 Å². The number of hydrogen-bond donors (Lipinski definition) is 3. The van der Waals surface area contributed by atoms with Crippen LogP contribution in [0.4, 0.5) is 16.3 Å². The molecule has 2 aromatic rings. The van der Waals surface area contributed by atoms with Crippen LogP contribution < -0.4 is 21.9 Å². The molecule has 0 saturated carbocycles. The Morgan fingerprint density at radius 3 is 2.67 bits per heavy atom. The van der Waals surface area contributed by atoms with Gasteiger partial charge < -0.3 is 10.5 Å². The molecular formula is C15H12N4O5. The lowest BCUT2D eigenvalue weighted by Crippen LogP contribution is -2.24. The normalized spacial score (nSPS) is 12.5. The third-order valence-electron chi connectivity index (χ3n) is 3.49. The van der Waals surface area contributed by atoms with Crippen molar-refractivity contribution in [3.8, 4) is 5.69 Å². The van der Waals surface area contributed by atoms with Crippen LogP contribution in [0.15, 0.2) is 35.1 Å². The van der Waals surface area contributed by atoms with Crippen LogP contribution in [0.25, 0.3) is 5.69 Å². The van der Waals surface area contributed by atoms with E-state index in [2.05, 4.69) is 15.4 Å². The predicted octanol–water partition coefficient (Wildman–Crippen LogP) is 0.482. The number of ether oxygens (including phenoxy) is 1. The summed E-state index contributed by atoms with van der Waals surface area (Å²) in [4.78, 5) is 47.1. The Morgan fingerprint density at radius 2 is 1.96 bits per heavy atom. The summed E-state index contributed by atoms with van der Waals surface area (Å²) in [6.45, 7) is 0. The van der Waals surface area contributed by atoms with Gasteiger partial charge in [-0.2, -0.15) is 0 Å². The molecule has 1 aliphatic heterocycles. The molecule has 0 aliphatic carbocycles. The van der Waals surface area contributed by atoms with Gasteiger partial charge in [-0.05, 0) is 18.2 Å². The van der Waals surface area contributed by atoms with E-state index in [4.69, 9.17) is 5.73 Å². The zero-order valence-corrected chi connectivity index (χ0v) is 12.5. The summed E-state index contributed by atoms with van der Waals surface area (Å²) < 4.78 is 5.58. The molecule has 2 heterocycles. The summed E-state index contributed by atoms with van der Waals surface area (Å²) in [6.07, 6.45) is -0.675. The van der Waals surface area contributed by atoms with E-state index in [1.807, 2.05) is 0 Å². The summed E-state index contributed by atoms with van der Waals surface area (Å²) in [5.74, 6) is -1.48. The van der Waals surface area contributed by atoms with E-state index in [0.29, 0.717) is 11.4 Å². The monoisotopic (exact) mass is 328 g/mol. The maximum Gasteiger partial charge on any atom is 0.411 e. The molecule has 0 atom stereocenters. The van der Waals surface area contributed by atoms with Crippen LogP contribution in [-0.4, -0.2) is 29.6 Å². The Kier molecular flexibility index (Phi) is 3.53. The van der Waals surface area contributed by atoms with Crippen molar-refractivity contribution in [2.24, 2.45) is 0 Å². The number of fused-ring (bicyclic) bond motifs is 1. The zero-order chi connectivity index (χ0) is 17.4. The average molecular weight is 328 g/mol. The van der Waals surface area contributed by atoms with Crippen LogP contribution in [0.5, 0.6) is 0 Å². The van der Waals surface area contributed by atoms with Crippen molar-refractivity contribution in [2.75, 3.05) is 18.2 Å². The number of nitrogen functional groups attached to an aromatic ring is 1. The number of benzene rings is 1. The maximum absolute atomic E-state index is 12.3. The van der Waals surface area contributed by atoms with Gasteiger partial charge in [-0.25, -0.2) is 4.79 Å². The van der Waals surface area contributed by atoms with Gasteiger partial charge >= 0.3 is 6.09 Å². The van der Waals surface area contributed by atoms with Crippen molar-refractivity contribution < 1.29 is 19.1 Å². The number of hydrogen-bond acceptors (Lipinski definition) is 6. The van der Waals surface area contributed by atoms with Gasteiger partial charge in [-0.15, -0.1) is 0 Å². The lowest BCUT2D eigenvalue weighted by atomic mass is 10.1. The quantitative estimate of drug-likeness (QED) is 0.687. The molecule has 9 heteroatoms. The first-order chi connectivity index (χ1) is 11.4. The highest BCUT2D eigenvalue weighted by atomic mass is 16.5. The number of nitrogens with one attached hydrogen (secondary N) is 2. The molecule has 0 bridgehead atoms. The second kappa shape index (κ2) is 5.54. The highest BCUT2D eigenvalue weighted by Gasteiger charge is 2.31. The second-order valence-corrected chi connectivity index (χ2v) is 4.94. The summed E-state index contributed by atoms with van der Waals surface area (Å²) in [7, 11) is 1.22. The highest BCUT2D eigenvalue weighted by molar-refractivity contribution is 6.23. The second-order valence-electron chi connectivity index (χ2n) is 4.94. The number of rotatable bonds is 2. The van der Waals surface area contributed by atoms with E-state index in [9.17, 15) is 19.2 Å². The fraction of sp³-hybridized carbons (Fsp3) is 0.0667. The minimum absolute atomic E-state index is 0.0501. The minimum atomic E-state index is -0.675. The molecule has 24 heavy (non-hydrogen) atoms. The highest BCUT2D eigenvalue weighted by Crippen LogP contribution is 2.23. The Balaban J connectivity index is 2.15. The standard InChI is InChI=1S/C15H12N4O5/c1-24-15(23)17-7-3-2-4-8(5-7)19-10(20)6-9-11(12(19)16)14(22)18-13(9)21/h2-6H,16H2,1H3,(H,17,23)(H,18,21,22). The summed E-state index contributed by atoms with van der Waals surface area (Å²) in [5, 5.41) is 4.55.